The molecule has 0 radical (unpaired) electrons. The van der Waals surface area contributed by atoms with E-state index in [0.29, 0.717) is 35.4 Å². The Bertz CT molecular complexity index is 1270. The summed E-state index contributed by atoms with van der Waals surface area (Å²) >= 11 is 6.11. The molecule has 2 aliphatic rings. The van der Waals surface area contributed by atoms with Gasteiger partial charge in [0.1, 0.15) is 5.69 Å². The van der Waals surface area contributed by atoms with Crippen LogP contribution < -0.4 is 14.8 Å². The van der Waals surface area contributed by atoms with Crippen molar-refractivity contribution in [3.63, 3.8) is 0 Å². The van der Waals surface area contributed by atoms with Crippen LogP contribution in [-0.4, -0.2) is 36.1 Å². The largest absolute Gasteiger partial charge is 0.481 e. The summed E-state index contributed by atoms with van der Waals surface area (Å²) in [6.07, 6.45) is 4.44. The molecule has 3 aromatic rings. The summed E-state index contributed by atoms with van der Waals surface area (Å²) in [6.45, 7) is -0.0636. The van der Waals surface area contributed by atoms with Gasteiger partial charge in [0.15, 0.2) is 17.5 Å². The van der Waals surface area contributed by atoms with Crippen molar-refractivity contribution in [3.05, 3.63) is 41.8 Å². The Morgan fingerprint density at radius 1 is 1.14 bits per heavy atom. The molecular formula is C19H15ClN4O4S. The summed E-state index contributed by atoms with van der Waals surface area (Å²) in [4.78, 5) is 20.0. The lowest BCUT2D eigenvalue weighted by atomic mass is 10.0. The number of aromatic nitrogens is 2. The third-order valence-corrected chi connectivity index (χ3v) is 6.98. The third-order valence-electron chi connectivity index (χ3n) is 4.83. The fourth-order valence-electron chi connectivity index (χ4n) is 3.21. The van der Waals surface area contributed by atoms with E-state index in [9.17, 15) is 13.2 Å². The molecular weight excluding hydrogens is 416 g/mol. The molecule has 3 heterocycles. The highest BCUT2D eigenvalue weighted by Gasteiger charge is 2.36. The van der Waals surface area contributed by atoms with Crippen molar-refractivity contribution >= 4 is 49.8 Å². The van der Waals surface area contributed by atoms with Crippen molar-refractivity contribution in [1.29, 1.82) is 0 Å². The Balaban J connectivity index is 1.57. The molecule has 0 unspecified atom stereocenters. The summed E-state index contributed by atoms with van der Waals surface area (Å²) < 4.78 is 32.7. The molecule has 0 bridgehead atoms. The zero-order chi connectivity index (χ0) is 20.2. The molecule has 10 heteroatoms. The number of pyridine rings is 2. The Labute approximate surface area is 171 Å². The third kappa shape index (κ3) is 3.36. The predicted octanol–water partition coefficient (Wildman–Crippen LogP) is 3.19. The first-order valence-corrected chi connectivity index (χ1v) is 10.9. The maximum atomic E-state index is 12.3. The van der Waals surface area contributed by atoms with Gasteiger partial charge in [-0.1, -0.05) is 17.7 Å². The SMILES string of the molecule is O=C1COc2c(cnc3ccc(-c4cnc(Cl)c(NS(=O)(=O)C5CC5)c4)cc23)N1. The Morgan fingerprint density at radius 3 is 2.76 bits per heavy atom. The van der Waals surface area contributed by atoms with Gasteiger partial charge in [-0.05, 0) is 36.6 Å². The minimum absolute atomic E-state index is 0.0636. The summed E-state index contributed by atoms with van der Waals surface area (Å²) in [5, 5.41) is 3.19. The van der Waals surface area contributed by atoms with Gasteiger partial charge in [0, 0.05) is 17.1 Å². The van der Waals surface area contributed by atoms with Gasteiger partial charge in [0.2, 0.25) is 10.0 Å². The Kier molecular flexibility index (Phi) is 4.11. The van der Waals surface area contributed by atoms with Crippen LogP contribution in [0.4, 0.5) is 11.4 Å². The monoisotopic (exact) mass is 430 g/mol. The first kappa shape index (κ1) is 18.1. The molecule has 2 N–H and O–H groups in total. The molecule has 1 aliphatic carbocycles. The standard InChI is InChI=1S/C19H15ClN4O4S/c20-19-15(24-29(26,27)12-2-3-12)6-11(7-22-19)10-1-4-14-13(5-10)18-16(8-21-14)23-17(25)9-28-18/h1,4-8,12,24H,2-3,9H2,(H,23,25). The van der Waals surface area contributed by atoms with E-state index in [4.69, 9.17) is 16.3 Å². The molecule has 1 amide bonds. The molecule has 2 aromatic heterocycles. The number of anilines is 2. The van der Waals surface area contributed by atoms with Crippen LogP contribution >= 0.6 is 11.6 Å². The van der Waals surface area contributed by atoms with Crippen LogP contribution in [0.2, 0.25) is 5.15 Å². The second kappa shape index (κ2) is 6.57. The van der Waals surface area contributed by atoms with Gasteiger partial charge in [0.05, 0.1) is 22.7 Å². The summed E-state index contributed by atoms with van der Waals surface area (Å²) in [5.74, 6) is 0.317. The van der Waals surface area contributed by atoms with Gasteiger partial charge >= 0.3 is 0 Å². The van der Waals surface area contributed by atoms with Crippen LogP contribution in [0.5, 0.6) is 5.75 Å². The molecule has 0 saturated heterocycles. The normalized spacial score (nSPS) is 16.1. The number of fused-ring (bicyclic) bond motifs is 3. The second-order valence-corrected chi connectivity index (χ2v) is 9.30. The lowest BCUT2D eigenvalue weighted by molar-refractivity contribution is -0.118. The molecule has 0 spiro atoms. The maximum Gasteiger partial charge on any atom is 0.262 e. The van der Waals surface area contributed by atoms with Gasteiger partial charge in [-0.2, -0.15) is 0 Å². The Morgan fingerprint density at radius 2 is 1.97 bits per heavy atom. The first-order valence-electron chi connectivity index (χ1n) is 8.94. The number of rotatable bonds is 4. The van der Waals surface area contributed by atoms with Crippen LogP contribution in [0, 0.1) is 0 Å². The highest BCUT2D eigenvalue weighted by atomic mass is 35.5. The van der Waals surface area contributed by atoms with Gasteiger partial charge in [0.25, 0.3) is 5.91 Å². The minimum Gasteiger partial charge on any atom is -0.481 e. The van der Waals surface area contributed by atoms with Gasteiger partial charge in [-0.15, -0.1) is 0 Å². The number of carbonyl (C=O) groups excluding carboxylic acids is 1. The average Bonchev–Trinajstić information content (AvgIpc) is 3.55. The number of nitrogens with zero attached hydrogens (tertiary/aromatic N) is 2. The summed E-state index contributed by atoms with van der Waals surface area (Å²) in [5.41, 5.74) is 2.93. The number of carbonyl (C=O) groups is 1. The van der Waals surface area contributed by atoms with Crippen LogP contribution in [0.25, 0.3) is 22.0 Å². The van der Waals surface area contributed by atoms with Crippen molar-refractivity contribution in [2.75, 3.05) is 16.6 Å². The molecule has 0 atom stereocenters. The summed E-state index contributed by atoms with van der Waals surface area (Å²) in [6, 6.07) is 7.20. The quantitative estimate of drug-likeness (QED) is 0.615. The lowest BCUT2D eigenvalue weighted by Crippen LogP contribution is -2.25. The van der Waals surface area contributed by atoms with E-state index >= 15 is 0 Å². The van der Waals surface area contributed by atoms with Crippen molar-refractivity contribution < 1.29 is 17.9 Å². The molecule has 8 nitrogen and oxygen atoms in total. The zero-order valence-corrected chi connectivity index (χ0v) is 16.5. The Hall–Kier alpha value is -2.91. The summed E-state index contributed by atoms with van der Waals surface area (Å²) in [7, 11) is -3.46. The van der Waals surface area contributed by atoms with E-state index in [1.807, 2.05) is 18.2 Å². The maximum absolute atomic E-state index is 12.3. The van der Waals surface area contributed by atoms with E-state index in [2.05, 4.69) is 20.0 Å². The van der Waals surface area contributed by atoms with Crippen molar-refractivity contribution in [2.45, 2.75) is 18.1 Å². The molecule has 148 valence electrons. The van der Waals surface area contributed by atoms with E-state index in [1.54, 1.807) is 18.5 Å². The van der Waals surface area contributed by atoms with Crippen molar-refractivity contribution in [2.24, 2.45) is 0 Å². The molecule has 5 rings (SSSR count). The smallest absolute Gasteiger partial charge is 0.262 e. The van der Waals surface area contributed by atoms with E-state index in [0.717, 1.165) is 10.9 Å². The van der Waals surface area contributed by atoms with Crippen LogP contribution in [0.15, 0.2) is 36.7 Å². The highest BCUT2D eigenvalue weighted by Crippen LogP contribution is 2.38. The second-order valence-electron chi connectivity index (χ2n) is 6.98. The minimum atomic E-state index is -3.46. The van der Waals surface area contributed by atoms with Crippen LogP contribution in [0.3, 0.4) is 0 Å². The number of benzene rings is 1. The predicted molar refractivity (Wildman–Crippen MR) is 110 cm³/mol. The van der Waals surface area contributed by atoms with Crippen molar-refractivity contribution in [3.8, 4) is 16.9 Å². The molecule has 1 aromatic carbocycles. The number of hydrogen-bond acceptors (Lipinski definition) is 6. The van der Waals surface area contributed by atoms with Gasteiger partial charge in [-0.3, -0.25) is 14.5 Å². The number of nitrogens with one attached hydrogen (secondary N) is 2. The number of sulfonamides is 1. The highest BCUT2D eigenvalue weighted by molar-refractivity contribution is 7.93. The molecule has 29 heavy (non-hydrogen) atoms. The van der Waals surface area contributed by atoms with Crippen LogP contribution in [0.1, 0.15) is 12.8 Å². The zero-order valence-electron chi connectivity index (χ0n) is 15.0. The topological polar surface area (TPSA) is 110 Å². The number of amides is 1. The van der Waals surface area contributed by atoms with Gasteiger partial charge < -0.3 is 10.1 Å². The van der Waals surface area contributed by atoms with Crippen molar-refractivity contribution in [1.82, 2.24) is 9.97 Å². The van der Waals surface area contributed by atoms with E-state index in [-0.39, 0.29) is 28.6 Å². The lowest BCUT2D eigenvalue weighted by Gasteiger charge is -2.19. The first-order chi connectivity index (χ1) is 13.9. The molecule has 1 fully saturated rings. The van der Waals surface area contributed by atoms with E-state index in [1.165, 1.54) is 0 Å². The fraction of sp³-hybridized carbons (Fsp3) is 0.211. The average molecular weight is 431 g/mol. The number of ether oxygens (including phenoxy) is 1. The number of hydrogen-bond donors (Lipinski definition) is 2. The van der Waals surface area contributed by atoms with Gasteiger partial charge in [-0.25, -0.2) is 13.4 Å². The molecule has 1 saturated carbocycles. The van der Waals surface area contributed by atoms with E-state index < -0.39 is 10.0 Å². The fourth-order valence-corrected chi connectivity index (χ4v) is 4.80. The molecule has 1 aliphatic heterocycles. The number of halogens is 1. The van der Waals surface area contributed by atoms with Crippen LogP contribution in [-0.2, 0) is 14.8 Å².